The van der Waals surface area contributed by atoms with Gasteiger partial charge >= 0.3 is 0 Å². The Labute approximate surface area is 98.3 Å². The number of halogens is 1. The highest BCUT2D eigenvalue weighted by molar-refractivity contribution is 9.09. The third kappa shape index (κ3) is 3.67. The first-order valence-corrected chi connectivity index (χ1v) is 6.19. The lowest BCUT2D eigenvalue weighted by Gasteiger charge is -2.20. The van der Waals surface area contributed by atoms with Gasteiger partial charge in [0.15, 0.2) is 0 Å². The van der Waals surface area contributed by atoms with E-state index in [0.717, 1.165) is 19.1 Å². The van der Waals surface area contributed by atoms with Gasteiger partial charge in [-0.25, -0.2) is 0 Å². The van der Waals surface area contributed by atoms with E-state index in [1.807, 2.05) is 0 Å². The molecule has 0 spiro atoms. The monoisotopic (exact) mass is 271 g/mol. The summed E-state index contributed by atoms with van der Waals surface area (Å²) in [6, 6.07) is 0.0571. The summed E-state index contributed by atoms with van der Waals surface area (Å²) in [5.74, 6) is 6.15. The van der Waals surface area contributed by atoms with Crippen molar-refractivity contribution in [2.24, 2.45) is 0 Å². The van der Waals surface area contributed by atoms with E-state index in [1.54, 1.807) is 4.90 Å². The van der Waals surface area contributed by atoms with Crippen molar-refractivity contribution in [3.8, 4) is 11.8 Å². The molecular formula is C11H14BrNO2. The number of rotatable bonds is 4. The van der Waals surface area contributed by atoms with Crippen molar-refractivity contribution in [2.45, 2.75) is 31.7 Å². The van der Waals surface area contributed by atoms with Crippen molar-refractivity contribution in [3.63, 3.8) is 0 Å². The molecule has 15 heavy (non-hydrogen) atoms. The molecule has 0 radical (unpaired) electrons. The van der Waals surface area contributed by atoms with Crippen molar-refractivity contribution < 1.29 is 9.59 Å². The Kier molecular flexibility index (Phi) is 5.41. The number of hydrogen-bond donors (Lipinski definition) is 0. The third-order valence-electron chi connectivity index (χ3n) is 2.38. The van der Waals surface area contributed by atoms with Gasteiger partial charge in [0.2, 0.25) is 5.91 Å². The normalized spacial score (nSPS) is 19.9. The number of likely N-dealkylation sites (tertiary alicyclic amines) is 1. The van der Waals surface area contributed by atoms with Crippen molar-refractivity contribution in [1.29, 1.82) is 0 Å². The number of hydrogen-bond acceptors (Lipinski definition) is 2. The molecule has 0 saturated carbocycles. The number of alkyl halides is 1. The van der Waals surface area contributed by atoms with Gasteiger partial charge in [-0.05, 0) is 12.8 Å². The quantitative estimate of drug-likeness (QED) is 0.335. The summed E-state index contributed by atoms with van der Waals surface area (Å²) in [6.45, 7) is 0.652. The smallest absolute Gasteiger partial charge is 0.223 e. The zero-order valence-corrected chi connectivity index (χ0v) is 10.1. The number of nitrogens with zero attached hydrogens (tertiary/aromatic N) is 1. The van der Waals surface area contributed by atoms with Gasteiger partial charge in [-0.3, -0.25) is 4.79 Å². The highest BCUT2D eigenvalue weighted by Gasteiger charge is 2.28. The molecule has 1 unspecified atom stereocenters. The molecule has 0 aromatic rings. The average Bonchev–Trinajstić information content (AvgIpc) is 2.58. The summed E-state index contributed by atoms with van der Waals surface area (Å²) >= 11 is 3.23. The fraction of sp³-hybridized carbons (Fsp3) is 0.636. The molecule has 82 valence electrons. The topological polar surface area (TPSA) is 37.4 Å². The van der Waals surface area contributed by atoms with Gasteiger partial charge in [0.05, 0.1) is 11.4 Å². The van der Waals surface area contributed by atoms with Crippen LogP contribution in [0.1, 0.15) is 25.7 Å². The molecule has 1 heterocycles. The van der Waals surface area contributed by atoms with Gasteiger partial charge in [0.25, 0.3) is 0 Å². The molecule has 1 atom stereocenters. The molecule has 1 aliphatic rings. The number of unbranched alkanes of at least 4 members (excludes halogenated alkanes) is 1. The molecule has 0 aromatic carbocycles. The van der Waals surface area contributed by atoms with Gasteiger partial charge in [-0.1, -0.05) is 27.8 Å². The fourth-order valence-electron chi connectivity index (χ4n) is 1.67. The lowest BCUT2D eigenvalue weighted by Crippen LogP contribution is -2.33. The molecule has 4 heteroatoms. The second kappa shape index (κ2) is 6.62. The van der Waals surface area contributed by atoms with Crippen LogP contribution in [0, 0.1) is 11.8 Å². The summed E-state index contributed by atoms with van der Waals surface area (Å²) < 4.78 is 0. The Morgan fingerprint density at radius 1 is 1.60 bits per heavy atom. The molecule has 0 aromatic heterocycles. The summed E-state index contributed by atoms with van der Waals surface area (Å²) in [4.78, 5) is 23.5. The van der Waals surface area contributed by atoms with Gasteiger partial charge in [0, 0.05) is 19.4 Å². The zero-order valence-electron chi connectivity index (χ0n) is 8.54. The Hall–Kier alpha value is -0.820. The van der Waals surface area contributed by atoms with E-state index < -0.39 is 0 Å². The van der Waals surface area contributed by atoms with E-state index in [2.05, 4.69) is 27.8 Å². The second-order valence-electron chi connectivity index (χ2n) is 3.41. The van der Waals surface area contributed by atoms with Gasteiger partial charge in [-0.15, -0.1) is 0 Å². The van der Waals surface area contributed by atoms with Crippen molar-refractivity contribution >= 4 is 28.1 Å². The van der Waals surface area contributed by atoms with Crippen LogP contribution in [0.3, 0.4) is 0 Å². The summed E-state index contributed by atoms with van der Waals surface area (Å²) in [7, 11) is 0. The Bertz CT molecular complexity index is 293. The van der Waals surface area contributed by atoms with Crippen LogP contribution in [0.4, 0.5) is 0 Å². The van der Waals surface area contributed by atoms with Crippen molar-refractivity contribution in [2.75, 3.05) is 11.9 Å². The molecule has 3 nitrogen and oxygen atoms in total. The summed E-state index contributed by atoms with van der Waals surface area (Å²) in [5, 5.41) is 0.639. The average molecular weight is 272 g/mol. The summed E-state index contributed by atoms with van der Waals surface area (Å²) in [5.41, 5.74) is 0. The molecular weight excluding hydrogens is 258 g/mol. The summed E-state index contributed by atoms with van der Waals surface area (Å²) in [6.07, 6.45) is 3.55. The number of aldehydes is 1. The molecule has 0 aliphatic carbocycles. The fourth-order valence-corrected chi connectivity index (χ4v) is 1.83. The Morgan fingerprint density at radius 3 is 3.07 bits per heavy atom. The maximum absolute atomic E-state index is 11.5. The van der Waals surface area contributed by atoms with Crippen molar-refractivity contribution in [3.05, 3.63) is 0 Å². The zero-order chi connectivity index (χ0) is 11.1. The van der Waals surface area contributed by atoms with E-state index in [1.165, 1.54) is 0 Å². The molecule has 1 fully saturated rings. The van der Waals surface area contributed by atoms with E-state index in [0.29, 0.717) is 24.7 Å². The largest absolute Gasteiger partial charge is 0.329 e. The lowest BCUT2D eigenvalue weighted by atomic mass is 10.2. The molecule has 0 bridgehead atoms. The number of amides is 1. The minimum Gasteiger partial charge on any atom is -0.329 e. The maximum Gasteiger partial charge on any atom is 0.223 e. The van der Waals surface area contributed by atoms with E-state index in [9.17, 15) is 9.59 Å². The molecule has 1 aliphatic heterocycles. The van der Waals surface area contributed by atoms with Gasteiger partial charge in [0.1, 0.15) is 6.29 Å². The highest BCUT2D eigenvalue weighted by atomic mass is 79.9. The highest BCUT2D eigenvalue weighted by Crippen LogP contribution is 2.18. The van der Waals surface area contributed by atoms with Crippen LogP contribution in [0.5, 0.6) is 0 Å². The molecule has 1 amide bonds. The van der Waals surface area contributed by atoms with Crippen LogP contribution in [-0.2, 0) is 9.59 Å². The first-order chi connectivity index (χ1) is 7.29. The molecule has 0 N–H and O–H groups in total. The van der Waals surface area contributed by atoms with E-state index >= 15 is 0 Å². The van der Waals surface area contributed by atoms with Crippen LogP contribution in [-0.4, -0.2) is 35.0 Å². The Morgan fingerprint density at radius 2 is 2.40 bits per heavy atom. The third-order valence-corrected chi connectivity index (χ3v) is 2.67. The van der Waals surface area contributed by atoms with Crippen LogP contribution < -0.4 is 0 Å². The lowest BCUT2D eigenvalue weighted by molar-refractivity contribution is -0.128. The number of carbonyl (C=O) groups excluding carboxylic acids is 2. The predicted molar refractivity (Wildman–Crippen MR) is 61.6 cm³/mol. The van der Waals surface area contributed by atoms with Crippen molar-refractivity contribution in [1.82, 2.24) is 4.90 Å². The predicted octanol–water partition coefficient (Wildman–Crippen LogP) is 1.35. The standard InChI is InChI=1S/C11H14BrNO2/c12-7-3-4-10-5-6-11(15)13(10)8-1-2-9-14/h9-10H,1-2,5-8H2. The minimum absolute atomic E-state index is 0.0571. The first-order valence-electron chi connectivity index (χ1n) is 5.07. The molecule has 1 rings (SSSR count). The Balaban J connectivity index is 2.48. The first kappa shape index (κ1) is 12.3. The minimum atomic E-state index is 0.0571. The maximum atomic E-state index is 11.5. The van der Waals surface area contributed by atoms with Gasteiger partial charge < -0.3 is 9.69 Å². The van der Waals surface area contributed by atoms with Crippen LogP contribution in [0.2, 0.25) is 0 Å². The van der Waals surface area contributed by atoms with Gasteiger partial charge in [-0.2, -0.15) is 0 Å². The SMILES string of the molecule is O=CCCCN1C(=O)CCC1C#CCBr. The van der Waals surface area contributed by atoms with Crippen LogP contribution in [0.15, 0.2) is 0 Å². The van der Waals surface area contributed by atoms with Crippen LogP contribution in [0.25, 0.3) is 0 Å². The second-order valence-corrected chi connectivity index (χ2v) is 3.97. The van der Waals surface area contributed by atoms with E-state index in [-0.39, 0.29) is 11.9 Å². The molecule has 1 saturated heterocycles. The van der Waals surface area contributed by atoms with Crippen LogP contribution >= 0.6 is 15.9 Å². The number of carbonyl (C=O) groups is 2. The van der Waals surface area contributed by atoms with E-state index in [4.69, 9.17) is 0 Å².